The molecule has 19 heavy (non-hydrogen) atoms. The Bertz CT molecular complexity index is 596. The van der Waals surface area contributed by atoms with Gasteiger partial charge in [-0.2, -0.15) is 0 Å². The van der Waals surface area contributed by atoms with Gasteiger partial charge in [-0.15, -0.1) is 5.10 Å². The van der Waals surface area contributed by atoms with Gasteiger partial charge in [0.25, 0.3) is 5.56 Å². The molecule has 0 aliphatic heterocycles. The lowest BCUT2D eigenvalue weighted by molar-refractivity contribution is 0.376. The molecule has 1 N–H and O–H groups in total. The maximum Gasteiger partial charge on any atom is 0.267 e. The second-order valence-electron chi connectivity index (χ2n) is 3.87. The van der Waals surface area contributed by atoms with Crippen LogP contribution in [-0.4, -0.2) is 23.4 Å². The van der Waals surface area contributed by atoms with Crippen LogP contribution in [0.25, 0.3) is 0 Å². The van der Waals surface area contributed by atoms with Crippen LogP contribution in [0.3, 0.4) is 0 Å². The van der Waals surface area contributed by atoms with Crippen molar-refractivity contribution < 1.29 is 4.74 Å². The highest BCUT2D eigenvalue weighted by Crippen LogP contribution is 2.12. The van der Waals surface area contributed by atoms with Crippen LogP contribution < -0.4 is 15.6 Å². The summed E-state index contributed by atoms with van der Waals surface area (Å²) in [6, 6.07) is 10.4. The van der Waals surface area contributed by atoms with Crippen molar-refractivity contribution in [1.82, 2.24) is 9.78 Å². The number of halogens is 1. The molecule has 0 atom stereocenters. The first-order valence-corrected chi connectivity index (χ1v) is 6.18. The summed E-state index contributed by atoms with van der Waals surface area (Å²) in [5.74, 6) is 0.422. The summed E-state index contributed by atoms with van der Waals surface area (Å²) in [6.07, 6.45) is 0. The third-order valence-corrected chi connectivity index (χ3v) is 2.80. The number of anilines is 1. The number of rotatable bonds is 5. The molecule has 0 spiro atoms. The Hall–Kier alpha value is -2.01. The van der Waals surface area contributed by atoms with Crippen LogP contribution in [0.5, 0.6) is 5.88 Å². The number of aromatic nitrogens is 2. The topological polar surface area (TPSA) is 56.1 Å². The second-order valence-corrected chi connectivity index (χ2v) is 4.31. The Balaban J connectivity index is 1.95. The quantitative estimate of drug-likeness (QED) is 0.910. The zero-order valence-electron chi connectivity index (χ0n) is 10.5. The zero-order chi connectivity index (χ0) is 13.7. The molecule has 0 saturated heterocycles. The second kappa shape index (κ2) is 6.24. The maximum atomic E-state index is 11.6. The number of nitrogens with one attached hydrogen (secondary N) is 1. The Morgan fingerprint density at radius 1 is 1.26 bits per heavy atom. The van der Waals surface area contributed by atoms with E-state index in [0.29, 0.717) is 24.0 Å². The van der Waals surface area contributed by atoms with Gasteiger partial charge in [0.1, 0.15) is 0 Å². The van der Waals surface area contributed by atoms with Crippen molar-refractivity contribution in [3.8, 4) is 5.88 Å². The molecular weight excluding hydrogens is 266 g/mol. The Morgan fingerprint density at radius 3 is 2.68 bits per heavy atom. The van der Waals surface area contributed by atoms with Crippen molar-refractivity contribution in [2.45, 2.75) is 6.54 Å². The van der Waals surface area contributed by atoms with Crippen LogP contribution in [0, 0.1) is 0 Å². The minimum Gasteiger partial charge on any atom is -0.480 e. The van der Waals surface area contributed by atoms with E-state index in [0.717, 1.165) is 5.69 Å². The first kappa shape index (κ1) is 13.4. The Morgan fingerprint density at radius 2 is 2.00 bits per heavy atom. The summed E-state index contributed by atoms with van der Waals surface area (Å²) in [5.41, 5.74) is 0.791. The van der Waals surface area contributed by atoms with Gasteiger partial charge in [-0.05, 0) is 24.3 Å². The smallest absolute Gasteiger partial charge is 0.267 e. The first-order valence-electron chi connectivity index (χ1n) is 5.80. The number of ether oxygens (including phenoxy) is 1. The van der Waals surface area contributed by atoms with Crippen molar-refractivity contribution in [1.29, 1.82) is 0 Å². The third-order valence-electron chi connectivity index (χ3n) is 2.55. The molecule has 1 aromatic heterocycles. The monoisotopic (exact) mass is 279 g/mol. The highest BCUT2D eigenvalue weighted by Gasteiger charge is 2.00. The highest BCUT2D eigenvalue weighted by atomic mass is 35.5. The van der Waals surface area contributed by atoms with Crippen molar-refractivity contribution >= 4 is 17.3 Å². The molecule has 5 nitrogen and oxygen atoms in total. The first-order chi connectivity index (χ1) is 9.19. The molecule has 0 aliphatic carbocycles. The van der Waals surface area contributed by atoms with Crippen molar-refractivity contribution in [3.63, 3.8) is 0 Å². The highest BCUT2D eigenvalue weighted by molar-refractivity contribution is 6.30. The molecule has 1 aromatic carbocycles. The predicted octanol–water partition coefficient (Wildman–Crippen LogP) is 2.02. The molecule has 2 aromatic rings. The molecule has 6 heteroatoms. The van der Waals surface area contributed by atoms with Crippen molar-refractivity contribution in [3.05, 3.63) is 51.8 Å². The summed E-state index contributed by atoms with van der Waals surface area (Å²) in [7, 11) is 1.52. The van der Waals surface area contributed by atoms with Crippen molar-refractivity contribution in [2.75, 3.05) is 19.0 Å². The van der Waals surface area contributed by atoms with Gasteiger partial charge in [0.2, 0.25) is 5.88 Å². The molecule has 0 fully saturated rings. The van der Waals surface area contributed by atoms with E-state index in [9.17, 15) is 4.79 Å². The van der Waals surface area contributed by atoms with Gasteiger partial charge in [0, 0.05) is 29.4 Å². The third kappa shape index (κ3) is 3.72. The normalized spacial score (nSPS) is 10.2. The molecular formula is C13H14ClN3O2. The number of nitrogens with zero attached hydrogens (tertiary/aromatic N) is 2. The molecule has 0 bridgehead atoms. The van der Waals surface area contributed by atoms with Gasteiger partial charge in [-0.3, -0.25) is 4.79 Å². The molecule has 2 rings (SSSR count). The molecule has 1 heterocycles. The van der Waals surface area contributed by atoms with Crippen LogP contribution in [-0.2, 0) is 6.54 Å². The number of hydrogen-bond acceptors (Lipinski definition) is 4. The lowest BCUT2D eigenvalue weighted by Crippen LogP contribution is -2.25. The maximum absolute atomic E-state index is 11.6. The average Bonchev–Trinajstić information content (AvgIpc) is 2.43. The molecule has 0 aliphatic rings. The summed E-state index contributed by atoms with van der Waals surface area (Å²) in [4.78, 5) is 11.6. The standard InChI is InChI=1S/C13H14ClN3O2/c1-19-12-6-7-13(18)17(16-12)9-8-15-11-4-2-10(14)3-5-11/h2-7,15H,8-9H2,1H3. The number of methoxy groups -OCH3 is 1. The van der Waals surface area contributed by atoms with Crippen molar-refractivity contribution in [2.24, 2.45) is 0 Å². The Labute approximate surface area is 115 Å². The van der Waals surface area contributed by atoms with Gasteiger partial charge in [-0.1, -0.05) is 11.6 Å². The van der Waals surface area contributed by atoms with E-state index in [1.807, 2.05) is 12.1 Å². The average molecular weight is 280 g/mol. The molecule has 100 valence electrons. The van der Waals surface area contributed by atoms with E-state index in [-0.39, 0.29) is 5.56 Å². The van der Waals surface area contributed by atoms with E-state index >= 15 is 0 Å². The van der Waals surface area contributed by atoms with Gasteiger partial charge < -0.3 is 10.1 Å². The van der Waals surface area contributed by atoms with Crippen LogP contribution in [0.4, 0.5) is 5.69 Å². The minimum absolute atomic E-state index is 0.154. The fourth-order valence-electron chi connectivity index (χ4n) is 1.57. The minimum atomic E-state index is -0.154. The molecule has 0 amide bonds. The fourth-order valence-corrected chi connectivity index (χ4v) is 1.70. The SMILES string of the molecule is COc1ccc(=O)n(CCNc2ccc(Cl)cc2)n1. The van der Waals surface area contributed by atoms with Gasteiger partial charge >= 0.3 is 0 Å². The van der Waals surface area contributed by atoms with E-state index < -0.39 is 0 Å². The van der Waals surface area contributed by atoms with Gasteiger partial charge in [0.05, 0.1) is 13.7 Å². The largest absolute Gasteiger partial charge is 0.480 e. The summed E-state index contributed by atoms with van der Waals surface area (Å²) >= 11 is 5.80. The fraction of sp³-hybridized carbons (Fsp3) is 0.231. The lowest BCUT2D eigenvalue weighted by Gasteiger charge is -2.08. The van der Waals surface area contributed by atoms with E-state index in [4.69, 9.17) is 16.3 Å². The van der Waals surface area contributed by atoms with Crippen LogP contribution in [0.2, 0.25) is 5.02 Å². The summed E-state index contributed by atoms with van der Waals surface area (Å²) < 4.78 is 6.34. The summed E-state index contributed by atoms with van der Waals surface area (Å²) in [6.45, 7) is 1.04. The van der Waals surface area contributed by atoms with Crippen LogP contribution >= 0.6 is 11.6 Å². The molecule has 0 saturated carbocycles. The lowest BCUT2D eigenvalue weighted by atomic mass is 10.3. The molecule has 0 unspecified atom stereocenters. The predicted molar refractivity (Wildman–Crippen MR) is 75.0 cm³/mol. The number of benzene rings is 1. The van der Waals surface area contributed by atoms with Crippen LogP contribution in [0.15, 0.2) is 41.2 Å². The van der Waals surface area contributed by atoms with E-state index in [1.165, 1.54) is 17.9 Å². The zero-order valence-corrected chi connectivity index (χ0v) is 11.2. The molecule has 0 radical (unpaired) electrons. The Kier molecular flexibility index (Phi) is 4.41. The van der Waals surface area contributed by atoms with Crippen LogP contribution in [0.1, 0.15) is 0 Å². The van der Waals surface area contributed by atoms with E-state index in [1.54, 1.807) is 18.2 Å². The summed E-state index contributed by atoms with van der Waals surface area (Å²) in [5, 5.41) is 7.93. The number of hydrogen-bond donors (Lipinski definition) is 1. The van der Waals surface area contributed by atoms with E-state index in [2.05, 4.69) is 10.4 Å². The van der Waals surface area contributed by atoms with Gasteiger partial charge in [0.15, 0.2) is 0 Å². The van der Waals surface area contributed by atoms with Gasteiger partial charge in [-0.25, -0.2) is 4.68 Å².